The summed E-state index contributed by atoms with van der Waals surface area (Å²) in [4.78, 5) is 10.6. The minimum atomic E-state index is -1.08. The third-order valence-electron chi connectivity index (χ3n) is 2.34. The van der Waals surface area contributed by atoms with E-state index in [4.69, 9.17) is 9.84 Å². The second-order valence-electron chi connectivity index (χ2n) is 3.84. The van der Waals surface area contributed by atoms with Crippen molar-refractivity contribution >= 4 is 5.97 Å². The molecule has 0 unspecified atom stereocenters. The molecule has 0 aliphatic rings. The number of benzene rings is 1. The van der Waals surface area contributed by atoms with Gasteiger partial charge in [-0.1, -0.05) is 17.3 Å². The Hall–Kier alpha value is -2.37. The Balaban J connectivity index is 1.86. The zero-order valence-electron chi connectivity index (χ0n) is 9.91. The van der Waals surface area contributed by atoms with E-state index in [9.17, 15) is 4.79 Å². The third kappa shape index (κ3) is 3.07. The first kappa shape index (κ1) is 12.1. The van der Waals surface area contributed by atoms with Gasteiger partial charge >= 0.3 is 5.97 Å². The number of carboxylic acid groups (broad SMARTS) is 1. The van der Waals surface area contributed by atoms with Gasteiger partial charge in [0.25, 0.3) is 0 Å². The second kappa shape index (κ2) is 5.31. The zero-order valence-corrected chi connectivity index (χ0v) is 9.91. The van der Waals surface area contributed by atoms with E-state index >= 15 is 0 Å². The molecule has 18 heavy (non-hydrogen) atoms. The van der Waals surface area contributed by atoms with Crippen LogP contribution < -0.4 is 4.74 Å². The van der Waals surface area contributed by atoms with Crippen molar-refractivity contribution in [2.75, 3.05) is 6.61 Å². The predicted molar refractivity (Wildman–Crippen MR) is 63.7 cm³/mol. The van der Waals surface area contributed by atoms with E-state index in [1.165, 1.54) is 10.9 Å². The minimum Gasteiger partial charge on any atom is -0.492 e. The lowest BCUT2D eigenvalue weighted by Crippen LogP contribution is -2.08. The van der Waals surface area contributed by atoms with Gasteiger partial charge in [0, 0.05) is 0 Å². The van der Waals surface area contributed by atoms with E-state index in [2.05, 4.69) is 10.3 Å². The van der Waals surface area contributed by atoms with Crippen molar-refractivity contribution in [2.24, 2.45) is 0 Å². The summed E-state index contributed by atoms with van der Waals surface area (Å²) in [7, 11) is 0. The van der Waals surface area contributed by atoms with Crippen molar-refractivity contribution in [3.8, 4) is 5.75 Å². The normalized spacial score (nSPS) is 10.3. The number of rotatable bonds is 5. The molecule has 0 spiro atoms. The Kier molecular flexibility index (Phi) is 3.57. The maximum Gasteiger partial charge on any atom is 0.358 e. The molecule has 2 rings (SSSR count). The molecule has 0 aliphatic heterocycles. The molecular formula is C12H13N3O3. The molecule has 2 aromatic rings. The van der Waals surface area contributed by atoms with Gasteiger partial charge in [0.05, 0.1) is 12.7 Å². The monoisotopic (exact) mass is 247 g/mol. The van der Waals surface area contributed by atoms with Crippen LogP contribution in [0.5, 0.6) is 5.75 Å². The molecule has 1 N–H and O–H groups in total. The molecule has 94 valence electrons. The van der Waals surface area contributed by atoms with Crippen molar-refractivity contribution in [1.82, 2.24) is 15.0 Å². The second-order valence-corrected chi connectivity index (χ2v) is 3.84. The van der Waals surface area contributed by atoms with Crippen LogP contribution in [-0.2, 0) is 6.54 Å². The quantitative estimate of drug-likeness (QED) is 0.863. The van der Waals surface area contributed by atoms with Crippen LogP contribution in [0.2, 0.25) is 0 Å². The highest BCUT2D eigenvalue weighted by Crippen LogP contribution is 2.12. The first-order valence-corrected chi connectivity index (χ1v) is 5.48. The summed E-state index contributed by atoms with van der Waals surface area (Å²) in [5.41, 5.74) is 1.06. The van der Waals surface area contributed by atoms with E-state index < -0.39 is 5.97 Å². The third-order valence-corrected chi connectivity index (χ3v) is 2.34. The van der Waals surface area contributed by atoms with E-state index in [1.807, 2.05) is 31.2 Å². The van der Waals surface area contributed by atoms with Gasteiger partial charge in [0.2, 0.25) is 0 Å². The van der Waals surface area contributed by atoms with Crippen LogP contribution in [0.4, 0.5) is 0 Å². The van der Waals surface area contributed by atoms with Crippen molar-refractivity contribution < 1.29 is 14.6 Å². The number of aromatic nitrogens is 3. The topological polar surface area (TPSA) is 77.2 Å². The predicted octanol–water partition coefficient (Wildman–Crippen LogP) is 1.36. The molecule has 0 saturated heterocycles. The van der Waals surface area contributed by atoms with Crippen LogP contribution in [0, 0.1) is 6.92 Å². The zero-order chi connectivity index (χ0) is 13.0. The van der Waals surface area contributed by atoms with Crippen LogP contribution in [-0.4, -0.2) is 32.7 Å². The smallest absolute Gasteiger partial charge is 0.358 e. The number of hydrogen-bond donors (Lipinski definition) is 1. The summed E-state index contributed by atoms with van der Waals surface area (Å²) in [6.07, 6.45) is 1.38. The number of carboxylic acids is 1. The van der Waals surface area contributed by atoms with Gasteiger partial charge in [0.15, 0.2) is 5.69 Å². The van der Waals surface area contributed by atoms with Crippen molar-refractivity contribution in [3.05, 3.63) is 41.7 Å². The SMILES string of the molecule is Cc1cccc(OCCn2cc(C(=O)O)nn2)c1. The van der Waals surface area contributed by atoms with Crippen LogP contribution >= 0.6 is 0 Å². The average molecular weight is 247 g/mol. The minimum absolute atomic E-state index is 0.0643. The maximum absolute atomic E-state index is 10.6. The molecular weight excluding hydrogens is 234 g/mol. The number of aryl methyl sites for hydroxylation is 1. The highest BCUT2D eigenvalue weighted by atomic mass is 16.5. The van der Waals surface area contributed by atoms with Crippen LogP contribution in [0.3, 0.4) is 0 Å². The lowest BCUT2D eigenvalue weighted by atomic mass is 10.2. The lowest BCUT2D eigenvalue weighted by molar-refractivity contribution is 0.0690. The molecule has 0 fully saturated rings. The number of hydrogen-bond acceptors (Lipinski definition) is 4. The van der Waals surface area contributed by atoms with E-state index in [-0.39, 0.29) is 5.69 Å². The molecule has 6 nitrogen and oxygen atoms in total. The largest absolute Gasteiger partial charge is 0.492 e. The number of carbonyl (C=O) groups is 1. The fourth-order valence-electron chi connectivity index (χ4n) is 1.47. The first-order valence-electron chi connectivity index (χ1n) is 5.48. The Bertz CT molecular complexity index is 551. The molecule has 0 atom stereocenters. The summed E-state index contributed by atoms with van der Waals surface area (Å²) in [6.45, 7) is 2.85. The first-order chi connectivity index (χ1) is 8.65. The van der Waals surface area contributed by atoms with E-state index in [1.54, 1.807) is 0 Å². The van der Waals surface area contributed by atoms with Crippen LogP contribution in [0.1, 0.15) is 16.1 Å². The Morgan fingerprint density at radius 1 is 1.50 bits per heavy atom. The molecule has 1 aromatic carbocycles. The summed E-state index contributed by atoms with van der Waals surface area (Å²) in [5.74, 6) is -0.297. The maximum atomic E-state index is 10.6. The fourth-order valence-corrected chi connectivity index (χ4v) is 1.47. The standard InChI is InChI=1S/C12H13N3O3/c1-9-3-2-4-10(7-9)18-6-5-15-8-11(12(16)17)13-14-15/h2-4,7-8H,5-6H2,1H3,(H,16,17). The van der Waals surface area contributed by atoms with Crippen LogP contribution in [0.15, 0.2) is 30.5 Å². The molecule has 0 aliphatic carbocycles. The molecule has 0 radical (unpaired) electrons. The summed E-state index contributed by atoms with van der Waals surface area (Å²) in [6, 6.07) is 7.72. The van der Waals surface area contributed by atoms with Crippen molar-refractivity contribution in [2.45, 2.75) is 13.5 Å². The van der Waals surface area contributed by atoms with Crippen LogP contribution in [0.25, 0.3) is 0 Å². The molecule has 1 aromatic heterocycles. The van der Waals surface area contributed by atoms with Gasteiger partial charge in [-0.25, -0.2) is 9.48 Å². The molecule has 1 heterocycles. The van der Waals surface area contributed by atoms with Gasteiger partial charge in [-0.2, -0.15) is 0 Å². The van der Waals surface area contributed by atoms with E-state index in [0.717, 1.165) is 11.3 Å². The van der Waals surface area contributed by atoms with Gasteiger partial charge in [-0.05, 0) is 24.6 Å². The van der Waals surface area contributed by atoms with Gasteiger partial charge < -0.3 is 9.84 Å². The lowest BCUT2D eigenvalue weighted by Gasteiger charge is -2.06. The Morgan fingerprint density at radius 2 is 2.33 bits per heavy atom. The summed E-state index contributed by atoms with van der Waals surface area (Å²) >= 11 is 0. The average Bonchev–Trinajstić information content (AvgIpc) is 2.78. The van der Waals surface area contributed by atoms with Gasteiger partial charge in [-0.3, -0.25) is 0 Å². The van der Waals surface area contributed by atoms with Crippen molar-refractivity contribution in [1.29, 1.82) is 0 Å². The Morgan fingerprint density at radius 3 is 3.00 bits per heavy atom. The number of aromatic carboxylic acids is 1. The fraction of sp³-hybridized carbons (Fsp3) is 0.250. The molecule has 0 saturated carbocycles. The highest BCUT2D eigenvalue weighted by Gasteiger charge is 2.07. The van der Waals surface area contributed by atoms with Gasteiger partial charge in [0.1, 0.15) is 12.4 Å². The molecule has 6 heteroatoms. The molecule has 0 amide bonds. The summed E-state index contributed by atoms with van der Waals surface area (Å²) in [5, 5.41) is 15.9. The summed E-state index contributed by atoms with van der Waals surface area (Å²) < 4.78 is 6.97. The van der Waals surface area contributed by atoms with Crippen molar-refractivity contribution in [3.63, 3.8) is 0 Å². The molecule has 0 bridgehead atoms. The Labute approximate surface area is 104 Å². The van der Waals surface area contributed by atoms with Gasteiger partial charge in [-0.15, -0.1) is 5.10 Å². The number of nitrogens with zero attached hydrogens (tertiary/aromatic N) is 3. The van der Waals surface area contributed by atoms with E-state index in [0.29, 0.717) is 13.2 Å². The highest BCUT2D eigenvalue weighted by molar-refractivity contribution is 5.84. The number of ether oxygens (including phenoxy) is 1.